The summed E-state index contributed by atoms with van der Waals surface area (Å²) < 4.78 is 0. The molecule has 1 aliphatic carbocycles. The highest BCUT2D eigenvalue weighted by atomic mass is 16.3. The van der Waals surface area contributed by atoms with E-state index in [-0.39, 0.29) is 18.6 Å². The van der Waals surface area contributed by atoms with Gasteiger partial charge < -0.3 is 15.7 Å². The summed E-state index contributed by atoms with van der Waals surface area (Å²) in [5, 5.41) is 15.2. The Labute approximate surface area is 97.8 Å². The first-order valence-corrected chi connectivity index (χ1v) is 6.27. The maximum atomic E-state index is 11.6. The highest BCUT2D eigenvalue weighted by Gasteiger charge is 2.18. The molecule has 3 N–H and O–H groups in total. The van der Waals surface area contributed by atoms with Crippen LogP contribution in [0, 0.1) is 5.92 Å². The lowest BCUT2D eigenvalue weighted by atomic mass is 10.1. The van der Waals surface area contributed by atoms with E-state index in [1.54, 1.807) is 0 Å². The Balaban J connectivity index is 2.18. The molecule has 1 atom stereocenters. The molecule has 1 fully saturated rings. The largest absolute Gasteiger partial charge is 0.395 e. The zero-order valence-corrected chi connectivity index (χ0v) is 10.3. The van der Waals surface area contributed by atoms with Gasteiger partial charge in [-0.3, -0.25) is 4.79 Å². The Morgan fingerprint density at radius 1 is 1.38 bits per heavy atom. The van der Waals surface area contributed by atoms with Crippen molar-refractivity contribution in [2.75, 3.05) is 13.2 Å². The van der Waals surface area contributed by atoms with Crippen LogP contribution in [0.3, 0.4) is 0 Å². The Bertz CT molecular complexity index is 213. The Morgan fingerprint density at radius 2 is 2.00 bits per heavy atom. The fourth-order valence-corrected chi connectivity index (χ4v) is 2.08. The van der Waals surface area contributed by atoms with Crippen molar-refractivity contribution in [1.29, 1.82) is 0 Å². The van der Waals surface area contributed by atoms with Gasteiger partial charge in [-0.2, -0.15) is 0 Å². The molecule has 0 aliphatic heterocycles. The molecule has 0 radical (unpaired) electrons. The molecule has 0 aromatic heterocycles. The topological polar surface area (TPSA) is 61.4 Å². The second-order valence-electron chi connectivity index (χ2n) is 4.96. The van der Waals surface area contributed by atoms with E-state index in [9.17, 15) is 4.79 Å². The van der Waals surface area contributed by atoms with Crippen LogP contribution < -0.4 is 10.6 Å². The number of amides is 1. The summed E-state index contributed by atoms with van der Waals surface area (Å²) in [5.74, 6) is 0.385. The van der Waals surface area contributed by atoms with E-state index in [0.29, 0.717) is 18.5 Å². The summed E-state index contributed by atoms with van der Waals surface area (Å²) in [7, 11) is 0. The van der Waals surface area contributed by atoms with Gasteiger partial charge >= 0.3 is 0 Å². The van der Waals surface area contributed by atoms with Crippen molar-refractivity contribution in [1.82, 2.24) is 10.6 Å². The Hall–Kier alpha value is -0.610. The monoisotopic (exact) mass is 228 g/mol. The van der Waals surface area contributed by atoms with E-state index >= 15 is 0 Å². The molecule has 0 aromatic rings. The zero-order chi connectivity index (χ0) is 12.0. The number of nitrogens with one attached hydrogen (secondary N) is 2. The third kappa shape index (κ3) is 4.49. The van der Waals surface area contributed by atoms with Crippen LogP contribution in [0.25, 0.3) is 0 Å². The maximum absolute atomic E-state index is 11.6. The number of aliphatic hydroxyl groups excluding tert-OH is 1. The van der Waals surface area contributed by atoms with Gasteiger partial charge in [0.25, 0.3) is 0 Å². The summed E-state index contributed by atoms with van der Waals surface area (Å²) in [5.41, 5.74) is 0. The summed E-state index contributed by atoms with van der Waals surface area (Å²) in [6, 6.07) is 0.384. The quantitative estimate of drug-likeness (QED) is 0.625. The molecular formula is C12H24N2O2. The van der Waals surface area contributed by atoms with Crippen LogP contribution in [-0.2, 0) is 4.79 Å². The van der Waals surface area contributed by atoms with Crippen LogP contribution in [-0.4, -0.2) is 36.2 Å². The molecule has 0 unspecified atom stereocenters. The van der Waals surface area contributed by atoms with Crippen molar-refractivity contribution in [3.63, 3.8) is 0 Å². The van der Waals surface area contributed by atoms with Gasteiger partial charge in [-0.1, -0.05) is 26.7 Å². The van der Waals surface area contributed by atoms with Crippen molar-refractivity contribution < 1.29 is 9.90 Å². The molecule has 1 saturated carbocycles. The minimum absolute atomic E-state index is 0.00864. The normalized spacial score (nSPS) is 19.0. The van der Waals surface area contributed by atoms with Gasteiger partial charge in [0.05, 0.1) is 13.2 Å². The minimum Gasteiger partial charge on any atom is -0.395 e. The number of carbonyl (C=O) groups excluding carboxylic acids is 1. The number of carbonyl (C=O) groups is 1. The van der Waals surface area contributed by atoms with Crippen LogP contribution in [0.1, 0.15) is 39.5 Å². The SMILES string of the molecule is CC(C)[C@@H](CO)NCC(=O)NC1CCCC1. The summed E-state index contributed by atoms with van der Waals surface area (Å²) in [6.45, 7) is 4.44. The lowest BCUT2D eigenvalue weighted by Gasteiger charge is -2.20. The van der Waals surface area contributed by atoms with Crippen LogP contribution in [0.15, 0.2) is 0 Å². The number of hydrogen-bond donors (Lipinski definition) is 3. The second kappa shape index (κ2) is 6.86. The molecule has 0 saturated heterocycles. The van der Waals surface area contributed by atoms with Gasteiger partial charge in [0.1, 0.15) is 0 Å². The van der Waals surface area contributed by atoms with Crippen LogP contribution in [0.4, 0.5) is 0 Å². The second-order valence-corrected chi connectivity index (χ2v) is 4.96. The first-order valence-electron chi connectivity index (χ1n) is 6.27. The van der Waals surface area contributed by atoms with Crippen molar-refractivity contribution >= 4 is 5.91 Å². The lowest BCUT2D eigenvalue weighted by Crippen LogP contribution is -2.45. The molecule has 1 amide bonds. The summed E-state index contributed by atoms with van der Waals surface area (Å²) >= 11 is 0. The molecule has 4 nitrogen and oxygen atoms in total. The van der Waals surface area contributed by atoms with Gasteiger partial charge in [-0.15, -0.1) is 0 Å². The molecule has 0 bridgehead atoms. The molecule has 4 heteroatoms. The van der Waals surface area contributed by atoms with Gasteiger partial charge in [-0.05, 0) is 18.8 Å². The van der Waals surface area contributed by atoms with E-state index in [1.165, 1.54) is 12.8 Å². The van der Waals surface area contributed by atoms with Crippen LogP contribution in [0.5, 0.6) is 0 Å². The summed E-state index contributed by atoms with van der Waals surface area (Å²) in [4.78, 5) is 11.6. The number of aliphatic hydroxyl groups is 1. The number of rotatable bonds is 6. The van der Waals surface area contributed by atoms with E-state index in [0.717, 1.165) is 12.8 Å². The highest BCUT2D eigenvalue weighted by molar-refractivity contribution is 5.78. The molecule has 16 heavy (non-hydrogen) atoms. The molecule has 0 spiro atoms. The molecular weight excluding hydrogens is 204 g/mol. The smallest absolute Gasteiger partial charge is 0.234 e. The fraction of sp³-hybridized carbons (Fsp3) is 0.917. The molecule has 0 aromatic carbocycles. The predicted octanol–water partition coefficient (Wildman–Crippen LogP) is 0.652. The van der Waals surface area contributed by atoms with Crippen molar-refractivity contribution in [3.8, 4) is 0 Å². The lowest BCUT2D eigenvalue weighted by molar-refractivity contribution is -0.121. The van der Waals surface area contributed by atoms with Gasteiger partial charge in [0.2, 0.25) is 5.91 Å². The van der Waals surface area contributed by atoms with Gasteiger partial charge in [0, 0.05) is 12.1 Å². The fourth-order valence-electron chi connectivity index (χ4n) is 2.08. The van der Waals surface area contributed by atoms with E-state index in [4.69, 9.17) is 5.11 Å². The standard InChI is InChI=1S/C12H24N2O2/c1-9(2)11(8-15)13-7-12(16)14-10-5-3-4-6-10/h9-11,13,15H,3-8H2,1-2H3,(H,14,16)/t11-/m1/s1. The van der Waals surface area contributed by atoms with Crippen LogP contribution >= 0.6 is 0 Å². The van der Waals surface area contributed by atoms with Crippen LogP contribution in [0.2, 0.25) is 0 Å². The molecule has 1 aliphatic rings. The van der Waals surface area contributed by atoms with E-state index in [2.05, 4.69) is 10.6 Å². The van der Waals surface area contributed by atoms with Crippen molar-refractivity contribution in [3.05, 3.63) is 0 Å². The minimum atomic E-state index is 0.00864. The molecule has 0 heterocycles. The third-order valence-corrected chi connectivity index (χ3v) is 3.25. The molecule has 1 rings (SSSR count). The third-order valence-electron chi connectivity index (χ3n) is 3.25. The van der Waals surface area contributed by atoms with Crippen molar-refractivity contribution in [2.24, 2.45) is 5.92 Å². The first kappa shape index (κ1) is 13.5. The highest BCUT2D eigenvalue weighted by Crippen LogP contribution is 2.17. The van der Waals surface area contributed by atoms with E-state index in [1.807, 2.05) is 13.8 Å². The number of hydrogen-bond acceptors (Lipinski definition) is 3. The average Bonchev–Trinajstić information content (AvgIpc) is 2.70. The first-order chi connectivity index (χ1) is 7.63. The Morgan fingerprint density at radius 3 is 2.50 bits per heavy atom. The molecule has 94 valence electrons. The summed E-state index contributed by atoms with van der Waals surface area (Å²) in [6.07, 6.45) is 4.67. The zero-order valence-electron chi connectivity index (χ0n) is 10.3. The van der Waals surface area contributed by atoms with E-state index < -0.39 is 0 Å². The Kier molecular flexibility index (Phi) is 5.77. The van der Waals surface area contributed by atoms with Crippen molar-refractivity contribution in [2.45, 2.75) is 51.6 Å². The van der Waals surface area contributed by atoms with Gasteiger partial charge in [-0.25, -0.2) is 0 Å². The average molecular weight is 228 g/mol. The maximum Gasteiger partial charge on any atom is 0.234 e. The predicted molar refractivity (Wildman–Crippen MR) is 64.1 cm³/mol. The van der Waals surface area contributed by atoms with Gasteiger partial charge in [0.15, 0.2) is 0 Å².